The molecule has 0 saturated heterocycles. The van der Waals surface area contributed by atoms with E-state index in [4.69, 9.17) is 9.47 Å². The molecule has 0 unspecified atom stereocenters. The predicted octanol–water partition coefficient (Wildman–Crippen LogP) is 19.7. The van der Waals surface area contributed by atoms with Gasteiger partial charge in [-0.2, -0.15) is 0 Å². The molecule has 384 valence electrons. The van der Waals surface area contributed by atoms with Crippen molar-refractivity contribution in [1.82, 2.24) is 9.13 Å². The van der Waals surface area contributed by atoms with Crippen LogP contribution in [0.2, 0.25) is 0 Å². The monoisotopic (exact) mass is 1140 g/mol. The number of carbonyl (C=O) groups excluding carboxylic acids is 1. The minimum Gasteiger partial charge on any atom is -0.494 e. The van der Waals surface area contributed by atoms with E-state index < -0.39 is 0 Å². The van der Waals surface area contributed by atoms with Gasteiger partial charge in [-0.05, 0) is 199 Å². The molecule has 0 aliphatic heterocycles. The van der Waals surface area contributed by atoms with Gasteiger partial charge in [0, 0.05) is 47.4 Å². The number of fused-ring (bicyclic) bond motifs is 6. The highest BCUT2D eigenvalue weighted by atomic mass is 79.9. The second-order valence-corrected chi connectivity index (χ2v) is 21.4. The van der Waals surface area contributed by atoms with Crippen LogP contribution in [0.5, 0.6) is 11.5 Å². The minimum absolute atomic E-state index is 0.665. The average molecular weight is 1150 g/mol. The van der Waals surface area contributed by atoms with E-state index in [1.807, 2.05) is 42.5 Å². The zero-order valence-electron chi connectivity index (χ0n) is 43.3. The zero-order valence-corrected chi connectivity index (χ0v) is 46.5. The largest absolute Gasteiger partial charge is 0.494 e. The zero-order chi connectivity index (χ0) is 53.2. The lowest BCUT2D eigenvalue weighted by Gasteiger charge is -2.09. The number of aryl methyl sites for hydroxylation is 2. The van der Waals surface area contributed by atoms with E-state index in [0.717, 1.165) is 83.1 Å². The van der Waals surface area contributed by atoms with E-state index in [1.54, 1.807) is 12.1 Å². The Kier molecular flexibility index (Phi) is 16.2. The normalized spacial score (nSPS) is 11.2. The van der Waals surface area contributed by atoms with Crippen molar-refractivity contribution in [1.29, 1.82) is 0 Å². The van der Waals surface area contributed by atoms with Crippen LogP contribution in [0.15, 0.2) is 246 Å². The standard InChI is InChI=1S/C36H30BrNO.C35H28BrNO2/c1-2-26-13-19-32(20-14-26)39-23-7-6-8-27-11-15-28(16-12-27)29-17-21-35-33(24-29)34-25-30(37)18-22-36(34)38(35)31-9-4-3-5-10-31;36-29-16-20-35-33(23-29)32-22-28(15-19-34(32)37(35)30-7-2-1-3-8-30)27-13-9-25(10-14-27)6-4-5-21-39-31-17-11-26(24-38)12-18-31/h2-5,9-22,24-25H,1,6-8,23H2;1-3,7-20,22-24H,4-6,21H2. The van der Waals surface area contributed by atoms with Crippen molar-refractivity contribution in [2.24, 2.45) is 0 Å². The number of nitrogens with zero attached hydrogens (tertiary/aromatic N) is 2. The fourth-order valence-corrected chi connectivity index (χ4v) is 11.1. The van der Waals surface area contributed by atoms with Gasteiger partial charge in [-0.3, -0.25) is 4.79 Å². The highest BCUT2D eigenvalue weighted by Crippen LogP contribution is 2.38. The van der Waals surface area contributed by atoms with Gasteiger partial charge in [0.05, 0.1) is 35.3 Å². The Morgan fingerprint density at radius 2 is 0.756 bits per heavy atom. The summed E-state index contributed by atoms with van der Waals surface area (Å²) in [6, 6.07) is 81.1. The van der Waals surface area contributed by atoms with Gasteiger partial charge < -0.3 is 18.6 Å². The SMILES string of the molecule is C=Cc1ccc(OCCCCc2ccc(-c3ccc4c(c3)c3cc(Br)ccc3n4-c3ccccc3)cc2)cc1.O=Cc1ccc(OCCCCc2ccc(-c3ccc4c(c3)c3cc(Br)ccc3n4-c3ccccc3)cc2)cc1. The van der Waals surface area contributed by atoms with Gasteiger partial charge in [0.25, 0.3) is 0 Å². The summed E-state index contributed by atoms with van der Waals surface area (Å²) in [5.41, 5.74) is 16.6. The highest BCUT2D eigenvalue weighted by Gasteiger charge is 2.16. The number of ether oxygens (including phenoxy) is 2. The van der Waals surface area contributed by atoms with E-state index in [0.29, 0.717) is 12.2 Å². The topological polar surface area (TPSA) is 45.4 Å². The van der Waals surface area contributed by atoms with Crippen molar-refractivity contribution < 1.29 is 14.3 Å². The molecule has 0 fully saturated rings. The number of halogens is 2. The molecule has 2 heterocycles. The van der Waals surface area contributed by atoms with Crippen LogP contribution in [-0.4, -0.2) is 28.6 Å². The van der Waals surface area contributed by atoms with Crippen molar-refractivity contribution in [3.8, 4) is 45.1 Å². The van der Waals surface area contributed by atoms with Crippen LogP contribution in [0.1, 0.15) is 52.7 Å². The summed E-state index contributed by atoms with van der Waals surface area (Å²) >= 11 is 7.36. The first-order chi connectivity index (χ1) is 38.4. The van der Waals surface area contributed by atoms with Gasteiger partial charge >= 0.3 is 0 Å². The molecule has 0 atom stereocenters. The smallest absolute Gasteiger partial charge is 0.150 e. The van der Waals surface area contributed by atoms with Crippen LogP contribution >= 0.6 is 31.9 Å². The third-order valence-corrected chi connectivity index (χ3v) is 15.4. The number of hydrogen-bond acceptors (Lipinski definition) is 3. The number of rotatable bonds is 18. The van der Waals surface area contributed by atoms with Gasteiger partial charge in [0.15, 0.2) is 0 Å². The molecule has 0 aliphatic rings. The second-order valence-electron chi connectivity index (χ2n) is 19.6. The van der Waals surface area contributed by atoms with Gasteiger partial charge in [-0.1, -0.05) is 154 Å². The summed E-state index contributed by atoms with van der Waals surface area (Å²) in [5, 5.41) is 5.00. The van der Waals surface area contributed by atoms with E-state index in [1.165, 1.54) is 82.7 Å². The first-order valence-corrected chi connectivity index (χ1v) is 28.3. The van der Waals surface area contributed by atoms with Crippen molar-refractivity contribution in [2.45, 2.75) is 38.5 Å². The Hall–Kier alpha value is -8.23. The lowest BCUT2D eigenvalue weighted by Crippen LogP contribution is -1.98. The summed E-state index contributed by atoms with van der Waals surface area (Å²) in [4.78, 5) is 10.8. The number of benzene rings is 10. The highest BCUT2D eigenvalue weighted by molar-refractivity contribution is 9.10. The van der Waals surface area contributed by atoms with Gasteiger partial charge in [-0.25, -0.2) is 0 Å². The van der Waals surface area contributed by atoms with E-state index in [-0.39, 0.29) is 0 Å². The maximum atomic E-state index is 10.8. The number of unbranched alkanes of at least 4 members (excludes halogenated alkanes) is 2. The predicted molar refractivity (Wildman–Crippen MR) is 333 cm³/mol. The number of hydrogen-bond donors (Lipinski definition) is 0. The summed E-state index contributed by atoms with van der Waals surface area (Å²) < 4.78 is 18.6. The maximum absolute atomic E-state index is 10.8. The molecule has 0 amide bonds. The van der Waals surface area contributed by atoms with Gasteiger partial charge in [0.2, 0.25) is 0 Å². The van der Waals surface area contributed by atoms with Crippen molar-refractivity contribution in [3.63, 3.8) is 0 Å². The Morgan fingerprint density at radius 1 is 0.385 bits per heavy atom. The van der Waals surface area contributed by atoms with Crippen LogP contribution < -0.4 is 9.47 Å². The first-order valence-electron chi connectivity index (χ1n) is 26.7. The fourth-order valence-electron chi connectivity index (χ4n) is 10.4. The van der Waals surface area contributed by atoms with Crippen LogP contribution in [0.25, 0.3) is 83.3 Å². The number of aromatic nitrogens is 2. The van der Waals surface area contributed by atoms with Crippen LogP contribution in [0, 0.1) is 0 Å². The van der Waals surface area contributed by atoms with Crippen molar-refractivity contribution in [3.05, 3.63) is 268 Å². The molecule has 0 aliphatic carbocycles. The molecular formula is C71H58Br2N2O3. The Morgan fingerprint density at radius 3 is 1.15 bits per heavy atom. The molecule has 2 aromatic heterocycles. The molecule has 0 bridgehead atoms. The molecule has 7 heteroatoms. The Balaban J connectivity index is 0.000000165. The molecule has 0 saturated carbocycles. The molecular weight excluding hydrogens is 1090 g/mol. The van der Waals surface area contributed by atoms with E-state index >= 15 is 0 Å². The Bertz CT molecular complexity index is 3730. The summed E-state index contributed by atoms with van der Waals surface area (Å²) in [6.07, 6.45) is 8.93. The van der Waals surface area contributed by atoms with Crippen molar-refractivity contribution in [2.75, 3.05) is 13.2 Å². The third-order valence-electron chi connectivity index (χ3n) is 14.4. The fraction of sp³-hybridized carbons (Fsp3) is 0.113. The number of carbonyl (C=O) groups is 1. The molecule has 12 aromatic rings. The molecule has 10 aromatic carbocycles. The van der Waals surface area contributed by atoms with E-state index in [2.05, 4.69) is 230 Å². The van der Waals surface area contributed by atoms with E-state index in [9.17, 15) is 4.79 Å². The van der Waals surface area contributed by atoms with Crippen molar-refractivity contribution >= 4 is 87.8 Å². The van der Waals surface area contributed by atoms with Gasteiger partial charge in [-0.15, -0.1) is 0 Å². The number of para-hydroxylation sites is 2. The lowest BCUT2D eigenvalue weighted by molar-refractivity contribution is 0.112. The number of aldehydes is 1. The summed E-state index contributed by atoms with van der Waals surface area (Å²) in [6.45, 7) is 5.20. The first kappa shape index (κ1) is 51.9. The van der Waals surface area contributed by atoms with Crippen LogP contribution in [0.4, 0.5) is 0 Å². The minimum atomic E-state index is 0.665. The molecule has 0 radical (unpaired) electrons. The third kappa shape index (κ3) is 11.8. The quantitative estimate of drug-likeness (QED) is 0.0635. The second kappa shape index (κ2) is 24.4. The van der Waals surface area contributed by atoms with Crippen LogP contribution in [0.3, 0.4) is 0 Å². The maximum Gasteiger partial charge on any atom is 0.150 e. The lowest BCUT2D eigenvalue weighted by atomic mass is 10.00. The van der Waals surface area contributed by atoms with Gasteiger partial charge in [0.1, 0.15) is 17.8 Å². The molecule has 0 spiro atoms. The molecule has 0 N–H and O–H groups in total. The summed E-state index contributed by atoms with van der Waals surface area (Å²) in [7, 11) is 0. The van der Waals surface area contributed by atoms with Crippen LogP contribution in [-0.2, 0) is 12.8 Å². The average Bonchev–Trinajstić information content (AvgIpc) is 4.22. The summed E-state index contributed by atoms with van der Waals surface area (Å²) in [5.74, 6) is 1.72. The molecule has 5 nitrogen and oxygen atoms in total. The molecule has 78 heavy (non-hydrogen) atoms. The molecule has 12 rings (SSSR count). The Labute approximate surface area is 473 Å².